The second-order valence-corrected chi connectivity index (χ2v) is 8.53. The molecule has 3 aromatic carbocycles. The Bertz CT molecular complexity index is 1530. The first-order valence-corrected chi connectivity index (χ1v) is 11.0. The Hall–Kier alpha value is -3.70. The molecule has 4 rings (SSSR count). The number of rotatable bonds is 4. The Labute approximate surface area is 212 Å². The monoisotopic (exact) mass is 537 g/mol. The fourth-order valence-corrected chi connectivity index (χ4v) is 3.93. The van der Waals surface area contributed by atoms with Crippen LogP contribution < -0.4 is 15.4 Å². The molecule has 0 aliphatic carbocycles. The van der Waals surface area contributed by atoms with Gasteiger partial charge in [0.25, 0.3) is 5.91 Å². The van der Waals surface area contributed by atoms with Gasteiger partial charge in [0, 0.05) is 5.56 Å². The number of fused-ring (bicyclic) bond motifs is 1. The van der Waals surface area contributed by atoms with E-state index in [0.29, 0.717) is 22.6 Å². The number of hydrogen-bond acceptors (Lipinski definition) is 5. The minimum absolute atomic E-state index is 0.178. The quantitative estimate of drug-likeness (QED) is 0.177. The van der Waals surface area contributed by atoms with Crippen molar-refractivity contribution in [2.75, 3.05) is 12.4 Å². The molecule has 4 aromatic rings. The van der Waals surface area contributed by atoms with Crippen LogP contribution in [0.2, 0.25) is 5.02 Å². The van der Waals surface area contributed by atoms with E-state index >= 15 is 0 Å². The van der Waals surface area contributed by atoms with E-state index in [1.165, 1.54) is 12.1 Å². The SMILES string of the molecule is COc1c(F)c(F)c(C(=O)NC(=S)Nc2cc(-c3nc4cc(C)cc(C)c4o3)ccc2Cl)c(F)c1F. The molecule has 6 nitrogen and oxygen atoms in total. The van der Waals surface area contributed by atoms with Crippen molar-refractivity contribution in [1.29, 1.82) is 0 Å². The molecule has 2 N–H and O–H groups in total. The Morgan fingerprint density at radius 3 is 2.36 bits per heavy atom. The zero-order valence-corrected chi connectivity index (χ0v) is 20.4. The number of nitrogens with zero attached hydrogens (tertiary/aromatic N) is 1. The molecule has 0 saturated heterocycles. The zero-order valence-electron chi connectivity index (χ0n) is 18.9. The predicted octanol–water partition coefficient (Wildman–Crippen LogP) is 6.46. The summed E-state index contributed by atoms with van der Waals surface area (Å²) < 4.78 is 66.6. The highest BCUT2D eigenvalue weighted by Gasteiger charge is 2.30. The third kappa shape index (κ3) is 4.59. The van der Waals surface area contributed by atoms with E-state index < -0.39 is 45.6 Å². The van der Waals surface area contributed by atoms with Gasteiger partial charge in [-0.2, -0.15) is 8.78 Å². The lowest BCUT2D eigenvalue weighted by Crippen LogP contribution is -2.35. The largest absolute Gasteiger partial charge is 0.491 e. The molecular formula is C24H16ClF4N3O3S. The molecule has 0 radical (unpaired) electrons. The molecule has 0 unspecified atom stereocenters. The number of aromatic nitrogens is 1. The molecule has 36 heavy (non-hydrogen) atoms. The highest BCUT2D eigenvalue weighted by Crippen LogP contribution is 2.32. The van der Waals surface area contributed by atoms with Gasteiger partial charge in [0.2, 0.25) is 17.5 Å². The van der Waals surface area contributed by atoms with E-state index in [1.54, 1.807) is 6.07 Å². The van der Waals surface area contributed by atoms with E-state index in [4.69, 9.17) is 28.2 Å². The molecule has 1 aromatic heterocycles. The van der Waals surface area contributed by atoms with Crippen molar-refractivity contribution < 1.29 is 31.5 Å². The van der Waals surface area contributed by atoms with Crippen molar-refractivity contribution in [1.82, 2.24) is 10.3 Å². The molecule has 1 heterocycles. The molecule has 0 aliphatic heterocycles. The smallest absolute Gasteiger partial charge is 0.263 e. The molecule has 186 valence electrons. The summed E-state index contributed by atoms with van der Waals surface area (Å²) in [5.41, 5.74) is 2.41. The highest BCUT2D eigenvalue weighted by molar-refractivity contribution is 7.80. The number of oxazole rings is 1. The third-order valence-corrected chi connectivity index (χ3v) is 5.70. The van der Waals surface area contributed by atoms with Gasteiger partial charge >= 0.3 is 0 Å². The van der Waals surface area contributed by atoms with Crippen LogP contribution in [0.15, 0.2) is 34.7 Å². The Morgan fingerprint density at radius 2 is 1.72 bits per heavy atom. The van der Waals surface area contributed by atoms with Crippen LogP contribution in [0, 0.1) is 37.1 Å². The van der Waals surface area contributed by atoms with Gasteiger partial charge in [0.15, 0.2) is 28.1 Å². The summed E-state index contributed by atoms with van der Waals surface area (Å²) in [4.78, 5) is 16.9. The van der Waals surface area contributed by atoms with Crippen molar-refractivity contribution in [3.05, 3.63) is 75.3 Å². The van der Waals surface area contributed by atoms with Crippen LogP contribution in [-0.4, -0.2) is 23.1 Å². The second kappa shape index (κ2) is 9.75. The molecule has 1 amide bonds. The molecule has 0 aliphatic rings. The summed E-state index contributed by atoms with van der Waals surface area (Å²) in [6.45, 7) is 3.83. The number of benzene rings is 3. The van der Waals surface area contributed by atoms with Crippen molar-refractivity contribution in [2.24, 2.45) is 0 Å². The molecule has 0 atom stereocenters. The first kappa shape index (κ1) is 25.4. The Kier molecular flexibility index (Phi) is 6.87. The number of ether oxygens (including phenoxy) is 1. The van der Waals surface area contributed by atoms with Gasteiger partial charge in [-0.05, 0) is 61.5 Å². The Morgan fingerprint density at radius 1 is 1.06 bits per heavy atom. The van der Waals surface area contributed by atoms with Crippen LogP contribution in [-0.2, 0) is 0 Å². The number of carbonyl (C=O) groups excluding carboxylic acids is 1. The number of carbonyl (C=O) groups is 1. The fraction of sp³-hybridized carbons (Fsp3) is 0.125. The van der Waals surface area contributed by atoms with Crippen molar-refractivity contribution >= 4 is 51.6 Å². The number of hydrogen-bond donors (Lipinski definition) is 2. The maximum Gasteiger partial charge on any atom is 0.263 e. The fourth-order valence-electron chi connectivity index (χ4n) is 3.56. The standard InChI is InChI=1S/C24H16ClF4N3O3S/c1-9-6-10(2)20-14(7-9)30-23(35-20)11-4-5-12(25)13(8-11)31-24(36)32-22(33)15-16(26)18(28)21(34-3)19(29)17(15)27/h4-8H,1-3H3,(H2,31,32,33,36). The van der Waals surface area contributed by atoms with Crippen LogP contribution in [0.3, 0.4) is 0 Å². The predicted molar refractivity (Wildman–Crippen MR) is 130 cm³/mol. The molecule has 0 saturated carbocycles. The van der Waals surface area contributed by atoms with E-state index in [0.717, 1.165) is 18.2 Å². The first-order chi connectivity index (χ1) is 17.0. The van der Waals surface area contributed by atoms with Gasteiger partial charge in [-0.1, -0.05) is 17.7 Å². The van der Waals surface area contributed by atoms with Crippen LogP contribution in [0.5, 0.6) is 5.75 Å². The summed E-state index contributed by atoms with van der Waals surface area (Å²) in [6.07, 6.45) is 0. The van der Waals surface area contributed by atoms with Gasteiger partial charge in [0.05, 0.1) is 17.8 Å². The number of aryl methyl sites for hydroxylation is 2. The summed E-state index contributed by atoms with van der Waals surface area (Å²) >= 11 is 11.2. The molecular weight excluding hydrogens is 522 g/mol. The Balaban J connectivity index is 1.59. The van der Waals surface area contributed by atoms with Gasteiger partial charge in [-0.15, -0.1) is 0 Å². The van der Waals surface area contributed by atoms with Crippen LogP contribution in [0.4, 0.5) is 23.2 Å². The third-order valence-electron chi connectivity index (χ3n) is 5.16. The number of anilines is 1. The minimum Gasteiger partial charge on any atom is -0.491 e. The van der Waals surface area contributed by atoms with Gasteiger partial charge in [0.1, 0.15) is 11.1 Å². The first-order valence-electron chi connectivity index (χ1n) is 10.2. The van der Waals surface area contributed by atoms with Crippen molar-refractivity contribution in [2.45, 2.75) is 13.8 Å². The second-order valence-electron chi connectivity index (χ2n) is 7.72. The molecule has 0 spiro atoms. The number of methoxy groups -OCH3 is 1. The van der Waals surface area contributed by atoms with Gasteiger partial charge in [-0.25, -0.2) is 13.8 Å². The lowest BCUT2D eigenvalue weighted by Gasteiger charge is -2.14. The average molecular weight is 538 g/mol. The normalized spacial score (nSPS) is 11.0. The number of amides is 1. The van der Waals surface area contributed by atoms with E-state index in [2.05, 4.69) is 15.0 Å². The number of thiocarbonyl (C=S) groups is 1. The number of nitrogens with one attached hydrogen (secondary N) is 2. The van der Waals surface area contributed by atoms with Crippen LogP contribution in [0.1, 0.15) is 21.5 Å². The maximum atomic E-state index is 14.2. The summed E-state index contributed by atoms with van der Waals surface area (Å²) in [5.74, 6) is -10.1. The van der Waals surface area contributed by atoms with E-state index in [1.807, 2.05) is 31.3 Å². The maximum absolute atomic E-state index is 14.2. The minimum atomic E-state index is -1.94. The zero-order chi connectivity index (χ0) is 26.3. The lowest BCUT2D eigenvalue weighted by atomic mass is 10.1. The van der Waals surface area contributed by atoms with Crippen LogP contribution >= 0.6 is 23.8 Å². The van der Waals surface area contributed by atoms with E-state index in [9.17, 15) is 22.4 Å². The van der Waals surface area contributed by atoms with Crippen molar-refractivity contribution in [3.63, 3.8) is 0 Å². The van der Waals surface area contributed by atoms with Gasteiger partial charge < -0.3 is 14.5 Å². The van der Waals surface area contributed by atoms with Gasteiger partial charge in [-0.3, -0.25) is 10.1 Å². The summed E-state index contributed by atoms with van der Waals surface area (Å²) in [7, 11) is 0.820. The average Bonchev–Trinajstić information content (AvgIpc) is 3.24. The molecule has 12 heteroatoms. The highest BCUT2D eigenvalue weighted by atomic mass is 35.5. The lowest BCUT2D eigenvalue weighted by molar-refractivity contribution is 0.0966. The number of halogens is 5. The molecule has 0 bridgehead atoms. The molecule has 0 fully saturated rings. The topological polar surface area (TPSA) is 76.4 Å². The summed E-state index contributed by atoms with van der Waals surface area (Å²) in [6, 6.07) is 8.53. The van der Waals surface area contributed by atoms with Crippen molar-refractivity contribution in [3.8, 4) is 17.2 Å². The summed E-state index contributed by atoms with van der Waals surface area (Å²) in [5, 5.41) is 4.31. The van der Waals surface area contributed by atoms with Crippen LogP contribution in [0.25, 0.3) is 22.6 Å². The van der Waals surface area contributed by atoms with E-state index in [-0.39, 0.29) is 10.7 Å².